The van der Waals surface area contributed by atoms with Crippen molar-refractivity contribution < 1.29 is 0 Å². The Morgan fingerprint density at radius 2 is 2.06 bits per heavy atom. The third-order valence-corrected chi connectivity index (χ3v) is 3.07. The first-order valence-corrected chi connectivity index (χ1v) is 6.30. The van der Waals surface area contributed by atoms with Crippen molar-refractivity contribution in [3.05, 3.63) is 40.6 Å². The molecule has 0 aliphatic rings. The maximum absolute atomic E-state index is 6.11. The number of benzene rings is 1. The molecule has 0 fully saturated rings. The Morgan fingerprint density at radius 1 is 1.39 bits per heavy atom. The van der Waals surface area contributed by atoms with Crippen LogP contribution in [-0.4, -0.2) is 15.8 Å². The number of anilines is 2. The Bertz CT molecular complexity index is 502. The van der Waals surface area contributed by atoms with Gasteiger partial charge in [0.25, 0.3) is 0 Å². The molecule has 96 valence electrons. The van der Waals surface area contributed by atoms with Gasteiger partial charge in [0.15, 0.2) is 0 Å². The van der Waals surface area contributed by atoms with E-state index in [9.17, 15) is 0 Å². The Kier molecular flexibility index (Phi) is 3.99. The Hall–Kier alpha value is -1.39. The number of aromatic nitrogens is 2. The van der Waals surface area contributed by atoms with Crippen LogP contribution in [0.1, 0.15) is 6.92 Å². The molecule has 0 saturated heterocycles. The van der Waals surface area contributed by atoms with E-state index in [1.54, 1.807) is 18.3 Å². The van der Waals surface area contributed by atoms with Gasteiger partial charge in [0.2, 0.25) is 0 Å². The van der Waals surface area contributed by atoms with Crippen molar-refractivity contribution in [2.75, 3.05) is 11.1 Å². The van der Waals surface area contributed by atoms with Crippen LogP contribution < -0.4 is 11.1 Å². The van der Waals surface area contributed by atoms with Gasteiger partial charge in [0.05, 0.1) is 22.3 Å². The summed E-state index contributed by atoms with van der Waals surface area (Å²) < 4.78 is 1.84. The molecule has 1 aromatic heterocycles. The predicted molar refractivity (Wildman–Crippen MR) is 76.2 cm³/mol. The van der Waals surface area contributed by atoms with Crippen LogP contribution in [0.2, 0.25) is 10.0 Å². The van der Waals surface area contributed by atoms with Crippen molar-refractivity contribution in [3.63, 3.8) is 0 Å². The minimum Gasteiger partial charge on any atom is -0.399 e. The minimum atomic E-state index is 0.142. The van der Waals surface area contributed by atoms with Crippen molar-refractivity contribution in [2.24, 2.45) is 0 Å². The third kappa shape index (κ3) is 3.09. The largest absolute Gasteiger partial charge is 0.399 e. The SMILES string of the molecule is CC(Cn1cccn1)Nc1c(Cl)cc(N)cc1Cl. The van der Waals surface area contributed by atoms with Gasteiger partial charge >= 0.3 is 0 Å². The molecule has 1 atom stereocenters. The highest BCUT2D eigenvalue weighted by molar-refractivity contribution is 6.39. The van der Waals surface area contributed by atoms with Gasteiger partial charge in [-0.2, -0.15) is 5.10 Å². The summed E-state index contributed by atoms with van der Waals surface area (Å²) in [7, 11) is 0. The van der Waals surface area contributed by atoms with E-state index in [1.165, 1.54) is 0 Å². The van der Waals surface area contributed by atoms with Gasteiger partial charge in [-0.25, -0.2) is 0 Å². The number of nitrogens with two attached hydrogens (primary N) is 1. The van der Waals surface area contributed by atoms with Crippen LogP contribution in [0.25, 0.3) is 0 Å². The van der Waals surface area contributed by atoms with Crippen LogP contribution in [0.5, 0.6) is 0 Å². The highest BCUT2D eigenvalue weighted by Crippen LogP contribution is 2.33. The topological polar surface area (TPSA) is 55.9 Å². The van der Waals surface area contributed by atoms with E-state index >= 15 is 0 Å². The zero-order chi connectivity index (χ0) is 13.1. The highest BCUT2D eigenvalue weighted by atomic mass is 35.5. The summed E-state index contributed by atoms with van der Waals surface area (Å²) in [6.07, 6.45) is 3.65. The molecular weight excluding hydrogens is 271 g/mol. The lowest BCUT2D eigenvalue weighted by molar-refractivity contribution is 0.561. The zero-order valence-electron chi connectivity index (χ0n) is 9.90. The molecule has 0 spiro atoms. The second-order valence-electron chi connectivity index (χ2n) is 4.13. The van der Waals surface area contributed by atoms with Gasteiger partial charge in [-0.1, -0.05) is 23.2 Å². The molecule has 4 nitrogen and oxygen atoms in total. The summed E-state index contributed by atoms with van der Waals surface area (Å²) >= 11 is 12.2. The molecule has 0 amide bonds. The summed E-state index contributed by atoms with van der Waals surface area (Å²) in [4.78, 5) is 0. The second-order valence-corrected chi connectivity index (χ2v) is 4.95. The Morgan fingerprint density at radius 3 is 2.61 bits per heavy atom. The lowest BCUT2D eigenvalue weighted by Crippen LogP contribution is -2.22. The molecule has 1 aromatic carbocycles. The van der Waals surface area contributed by atoms with Gasteiger partial charge in [-0.05, 0) is 25.1 Å². The molecule has 0 bridgehead atoms. The highest BCUT2D eigenvalue weighted by Gasteiger charge is 2.10. The number of rotatable bonds is 4. The maximum atomic E-state index is 6.11. The van der Waals surface area contributed by atoms with Crippen LogP contribution in [0.4, 0.5) is 11.4 Å². The Balaban J connectivity index is 2.09. The van der Waals surface area contributed by atoms with Crippen molar-refractivity contribution >= 4 is 34.6 Å². The summed E-state index contributed by atoms with van der Waals surface area (Å²) in [6.45, 7) is 2.76. The molecular formula is C12H14Cl2N4. The molecule has 2 rings (SSSR count). The number of nitrogens with one attached hydrogen (secondary N) is 1. The first-order chi connectivity index (χ1) is 8.56. The zero-order valence-corrected chi connectivity index (χ0v) is 11.4. The van der Waals surface area contributed by atoms with Crippen LogP contribution in [0.3, 0.4) is 0 Å². The first kappa shape index (κ1) is 13.1. The fraction of sp³-hybridized carbons (Fsp3) is 0.250. The second kappa shape index (κ2) is 5.50. The number of hydrogen-bond acceptors (Lipinski definition) is 3. The van der Waals surface area contributed by atoms with Gasteiger partial charge < -0.3 is 11.1 Å². The molecule has 0 aliphatic carbocycles. The molecule has 3 N–H and O–H groups in total. The van der Waals surface area contributed by atoms with Crippen molar-refractivity contribution in [1.82, 2.24) is 9.78 Å². The van der Waals surface area contributed by atoms with Gasteiger partial charge in [-0.15, -0.1) is 0 Å². The summed E-state index contributed by atoms with van der Waals surface area (Å²) in [5, 5.41) is 8.45. The fourth-order valence-corrected chi connectivity index (χ4v) is 2.32. The van der Waals surface area contributed by atoms with E-state index in [4.69, 9.17) is 28.9 Å². The molecule has 0 aliphatic heterocycles. The quantitative estimate of drug-likeness (QED) is 0.848. The van der Waals surface area contributed by atoms with Crippen LogP contribution in [-0.2, 0) is 6.54 Å². The lowest BCUT2D eigenvalue weighted by Gasteiger charge is -2.18. The molecule has 1 heterocycles. The fourth-order valence-electron chi connectivity index (χ4n) is 1.71. The van der Waals surface area contributed by atoms with Gasteiger partial charge in [0.1, 0.15) is 0 Å². The van der Waals surface area contributed by atoms with Crippen molar-refractivity contribution in [1.29, 1.82) is 0 Å². The van der Waals surface area contributed by atoms with Crippen LogP contribution >= 0.6 is 23.2 Å². The molecule has 2 aromatic rings. The van der Waals surface area contributed by atoms with E-state index in [-0.39, 0.29) is 6.04 Å². The number of nitrogen functional groups attached to an aromatic ring is 1. The number of nitrogens with zero attached hydrogens (tertiary/aromatic N) is 2. The van der Waals surface area contributed by atoms with Crippen molar-refractivity contribution in [2.45, 2.75) is 19.5 Å². The van der Waals surface area contributed by atoms with E-state index in [2.05, 4.69) is 10.4 Å². The van der Waals surface area contributed by atoms with E-state index < -0.39 is 0 Å². The van der Waals surface area contributed by atoms with Gasteiger partial charge in [0, 0.05) is 24.1 Å². The van der Waals surface area contributed by atoms with Gasteiger partial charge in [-0.3, -0.25) is 4.68 Å². The first-order valence-electron chi connectivity index (χ1n) is 5.54. The van der Waals surface area contributed by atoms with E-state index in [0.717, 1.165) is 6.54 Å². The normalized spacial score (nSPS) is 12.4. The van der Waals surface area contributed by atoms with E-state index in [1.807, 2.05) is 23.9 Å². The standard InChI is InChI=1S/C12H14Cl2N4/c1-8(7-18-4-2-3-16-18)17-12-10(13)5-9(15)6-11(12)14/h2-6,8,17H,7,15H2,1H3. The minimum absolute atomic E-state index is 0.142. The third-order valence-electron chi connectivity index (χ3n) is 2.48. The summed E-state index contributed by atoms with van der Waals surface area (Å²) in [5.41, 5.74) is 6.91. The molecule has 18 heavy (non-hydrogen) atoms. The lowest BCUT2D eigenvalue weighted by atomic mass is 10.2. The molecule has 6 heteroatoms. The van der Waals surface area contributed by atoms with Crippen LogP contribution in [0, 0.1) is 0 Å². The number of hydrogen-bond donors (Lipinski definition) is 2. The maximum Gasteiger partial charge on any atom is 0.0723 e. The number of halogens is 2. The average Bonchev–Trinajstić information content (AvgIpc) is 2.76. The predicted octanol–water partition coefficient (Wildman–Crippen LogP) is 3.27. The Labute approximate surface area is 116 Å². The monoisotopic (exact) mass is 284 g/mol. The van der Waals surface area contributed by atoms with Crippen molar-refractivity contribution in [3.8, 4) is 0 Å². The van der Waals surface area contributed by atoms with E-state index in [0.29, 0.717) is 21.4 Å². The smallest absolute Gasteiger partial charge is 0.0723 e. The summed E-state index contributed by atoms with van der Waals surface area (Å²) in [6, 6.07) is 5.38. The molecule has 0 radical (unpaired) electrons. The summed E-state index contributed by atoms with van der Waals surface area (Å²) in [5.74, 6) is 0. The van der Waals surface area contributed by atoms with Crippen LogP contribution in [0.15, 0.2) is 30.6 Å². The molecule has 0 saturated carbocycles. The molecule has 1 unspecified atom stereocenters. The average molecular weight is 285 g/mol.